The Morgan fingerprint density at radius 3 is 2.59 bits per heavy atom. The number of carbonyl (C=O) groups is 2. The maximum atomic E-state index is 12.1. The maximum Gasteiger partial charge on any atom is 0.251 e. The van der Waals surface area contributed by atoms with Crippen molar-refractivity contribution in [3.05, 3.63) is 35.9 Å². The van der Waals surface area contributed by atoms with Crippen LogP contribution in [0.4, 0.5) is 0 Å². The first-order chi connectivity index (χ1) is 10.3. The van der Waals surface area contributed by atoms with E-state index in [0.29, 0.717) is 18.7 Å². The number of carbonyl (C=O) groups excluding carboxylic acids is 2. The zero-order valence-corrected chi connectivity index (χ0v) is 13.5. The van der Waals surface area contributed by atoms with Gasteiger partial charge in [0.2, 0.25) is 5.91 Å². The van der Waals surface area contributed by atoms with Gasteiger partial charge < -0.3 is 15.0 Å². The second kappa shape index (κ2) is 6.92. The second-order valence-electron chi connectivity index (χ2n) is 6.57. The summed E-state index contributed by atoms with van der Waals surface area (Å²) in [6.45, 7) is 7.06. The molecule has 1 aliphatic rings. The van der Waals surface area contributed by atoms with Gasteiger partial charge in [0.25, 0.3) is 5.91 Å². The average molecular weight is 304 g/mol. The molecule has 1 aliphatic heterocycles. The van der Waals surface area contributed by atoms with Gasteiger partial charge >= 0.3 is 0 Å². The van der Waals surface area contributed by atoms with Gasteiger partial charge in [0.05, 0.1) is 5.60 Å². The minimum Gasteiger partial charge on any atom is -0.366 e. The number of benzene rings is 1. The number of amides is 2. The summed E-state index contributed by atoms with van der Waals surface area (Å²) in [7, 11) is 0. The van der Waals surface area contributed by atoms with Gasteiger partial charge in [0.1, 0.15) is 6.61 Å². The van der Waals surface area contributed by atoms with Crippen molar-refractivity contribution in [3.8, 4) is 0 Å². The van der Waals surface area contributed by atoms with E-state index in [1.807, 2.05) is 39.0 Å². The molecule has 1 saturated heterocycles. The summed E-state index contributed by atoms with van der Waals surface area (Å²) in [6.07, 6.45) is 0.778. The molecular formula is C17H24N2O3. The van der Waals surface area contributed by atoms with Crippen LogP contribution in [-0.2, 0) is 9.53 Å². The van der Waals surface area contributed by atoms with Gasteiger partial charge in [-0.15, -0.1) is 0 Å². The Morgan fingerprint density at radius 1 is 1.27 bits per heavy atom. The van der Waals surface area contributed by atoms with Gasteiger partial charge in [-0.3, -0.25) is 9.59 Å². The van der Waals surface area contributed by atoms with E-state index in [1.165, 1.54) is 0 Å². The molecule has 120 valence electrons. The Morgan fingerprint density at radius 2 is 1.95 bits per heavy atom. The predicted molar refractivity (Wildman–Crippen MR) is 84.6 cm³/mol. The highest BCUT2D eigenvalue weighted by Gasteiger charge is 2.28. The summed E-state index contributed by atoms with van der Waals surface area (Å²) >= 11 is 0. The molecular weight excluding hydrogens is 280 g/mol. The quantitative estimate of drug-likeness (QED) is 0.923. The van der Waals surface area contributed by atoms with Crippen LogP contribution in [0, 0.1) is 0 Å². The van der Waals surface area contributed by atoms with E-state index >= 15 is 0 Å². The zero-order chi connectivity index (χ0) is 16.2. The first kappa shape index (κ1) is 16.5. The molecule has 1 N–H and O–H groups in total. The van der Waals surface area contributed by atoms with Gasteiger partial charge in [0, 0.05) is 24.7 Å². The third-order valence-electron chi connectivity index (χ3n) is 3.54. The van der Waals surface area contributed by atoms with Crippen LogP contribution in [0.15, 0.2) is 30.3 Å². The number of rotatable bonds is 4. The van der Waals surface area contributed by atoms with E-state index in [9.17, 15) is 9.59 Å². The van der Waals surface area contributed by atoms with Crippen LogP contribution < -0.4 is 5.32 Å². The number of ether oxygens (including phenoxy) is 1. The number of hydrogen-bond acceptors (Lipinski definition) is 3. The highest BCUT2D eigenvalue weighted by molar-refractivity contribution is 5.94. The van der Waals surface area contributed by atoms with Crippen LogP contribution in [0.25, 0.3) is 0 Å². The summed E-state index contributed by atoms with van der Waals surface area (Å²) in [5, 5.41) is 2.98. The fraction of sp³-hybridized carbons (Fsp3) is 0.529. The Kier molecular flexibility index (Phi) is 5.19. The number of nitrogens with zero attached hydrogens (tertiary/aromatic N) is 1. The predicted octanol–water partition coefficient (Wildman–Crippen LogP) is 1.83. The lowest BCUT2D eigenvalue weighted by Crippen LogP contribution is -2.40. The van der Waals surface area contributed by atoms with Crippen molar-refractivity contribution in [1.82, 2.24) is 10.2 Å². The highest BCUT2D eigenvalue weighted by Crippen LogP contribution is 2.12. The van der Waals surface area contributed by atoms with Crippen LogP contribution in [0.1, 0.15) is 37.6 Å². The normalized spacial score (nSPS) is 18.3. The van der Waals surface area contributed by atoms with E-state index < -0.39 is 0 Å². The minimum absolute atomic E-state index is 0.00583. The van der Waals surface area contributed by atoms with E-state index in [4.69, 9.17) is 4.74 Å². The van der Waals surface area contributed by atoms with E-state index in [1.54, 1.807) is 17.0 Å². The van der Waals surface area contributed by atoms with Crippen molar-refractivity contribution in [2.45, 2.75) is 38.8 Å². The molecule has 1 aromatic carbocycles. The third kappa shape index (κ3) is 4.84. The Bertz CT molecular complexity index is 522. The maximum absolute atomic E-state index is 12.1. The van der Waals surface area contributed by atoms with Gasteiger partial charge in [0.15, 0.2) is 0 Å². The fourth-order valence-electron chi connectivity index (χ4n) is 2.33. The largest absolute Gasteiger partial charge is 0.366 e. The van der Waals surface area contributed by atoms with Crippen molar-refractivity contribution < 1.29 is 14.3 Å². The summed E-state index contributed by atoms with van der Waals surface area (Å²) in [4.78, 5) is 25.9. The Hall–Kier alpha value is -1.88. The molecule has 2 amide bonds. The first-order valence-corrected chi connectivity index (χ1v) is 7.63. The van der Waals surface area contributed by atoms with Crippen molar-refractivity contribution in [1.29, 1.82) is 0 Å². The number of likely N-dealkylation sites (tertiary alicyclic amines) is 1. The molecule has 5 nitrogen and oxygen atoms in total. The molecule has 0 spiro atoms. The summed E-state index contributed by atoms with van der Waals surface area (Å²) in [6, 6.07) is 9.12. The molecule has 1 heterocycles. The smallest absolute Gasteiger partial charge is 0.251 e. The molecule has 22 heavy (non-hydrogen) atoms. The van der Waals surface area contributed by atoms with E-state index in [-0.39, 0.29) is 30.1 Å². The molecule has 1 fully saturated rings. The van der Waals surface area contributed by atoms with E-state index in [2.05, 4.69) is 5.32 Å². The lowest BCUT2D eigenvalue weighted by atomic mass is 10.2. The fourth-order valence-corrected chi connectivity index (χ4v) is 2.33. The van der Waals surface area contributed by atoms with Crippen molar-refractivity contribution in [3.63, 3.8) is 0 Å². The highest BCUT2D eigenvalue weighted by atomic mass is 16.5. The van der Waals surface area contributed by atoms with Gasteiger partial charge in [-0.25, -0.2) is 0 Å². The van der Waals surface area contributed by atoms with Crippen LogP contribution in [0.5, 0.6) is 0 Å². The summed E-state index contributed by atoms with van der Waals surface area (Å²) < 4.78 is 5.51. The Labute approximate surface area is 131 Å². The zero-order valence-electron chi connectivity index (χ0n) is 13.5. The SMILES string of the molecule is CC(C)(C)OCC(=O)N1CCC(NC(=O)c2ccccc2)C1. The third-order valence-corrected chi connectivity index (χ3v) is 3.54. The molecule has 0 saturated carbocycles. The van der Waals surface area contributed by atoms with Crippen LogP contribution in [-0.4, -0.2) is 48.1 Å². The summed E-state index contributed by atoms with van der Waals surface area (Å²) in [5.74, 6) is -0.114. The molecule has 1 aromatic rings. The molecule has 0 radical (unpaired) electrons. The van der Waals surface area contributed by atoms with Crippen molar-refractivity contribution in [2.75, 3.05) is 19.7 Å². The molecule has 0 aliphatic carbocycles. The molecule has 1 unspecified atom stereocenters. The molecule has 2 rings (SSSR count). The standard InChI is InChI=1S/C17H24N2O3/c1-17(2,3)22-12-15(20)19-10-9-14(11-19)18-16(21)13-7-5-4-6-8-13/h4-8,14H,9-12H2,1-3H3,(H,18,21). The van der Waals surface area contributed by atoms with Crippen LogP contribution in [0.2, 0.25) is 0 Å². The van der Waals surface area contributed by atoms with E-state index in [0.717, 1.165) is 6.42 Å². The van der Waals surface area contributed by atoms with Crippen LogP contribution in [0.3, 0.4) is 0 Å². The van der Waals surface area contributed by atoms with Gasteiger partial charge in [-0.1, -0.05) is 18.2 Å². The lowest BCUT2D eigenvalue weighted by molar-refractivity contribution is -0.140. The second-order valence-corrected chi connectivity index (χ2v) is 6.57. The van der Waals surface area contributed by atoms with Crippen molar-refractivity contribution >= 4 is 11.8 Å². The molecule has 5 heteroatoms. The topological polar surface area (TPSA) is 58.6 Å². The lowest BCUT2D eigenvalue weighted by Gasteiger charge is -2.22. The number of nitrogens with one attached hydrogen (secondary N) is 1. The van der Waals surface area contributed by atoms with Crippen LogP contribution >= 0.6 is 0 Å². The monoisotopic (exact) mass is 304 g/mol. The minimum atomic E-state index is -0.323. The van der Waals surface area contributed by atoms with Crippen molar-refractivity contribution in [2.24, 2.45) is 0 Å². The number of hydrogen-bond donors (Lipinski definition) is 1. The van der Waals surface area contributed by atoms with Gasteiger partial charge in [-0.2, -0.15) is 0 Å². The molecule has 0 aromatic heterocycles. The average Bonchev–Trinajstić information content (AvgIpc) is 2.93. The Balaban J connectivity index is 1.80. The van der Waals surface area contributed by atoms with Gasteiger partial charge in [-0.05, 0) is 39.3 Å². The molecule has 1 atom stereocenters. The molecule has 0 bridgehead atoms. The summed E-state index contributed by atoms with van der Waals surface area (Å²) in [5.41, 5.74) is 0.319. The first-order valence-electron chi connectivity index (χ1n) is 7.63.